The molecule has 0 radical (unpaired) electrons. The Labute approximate surface area is 108 Å². The predicted molar refractivity (Wildman–Crippen MR) is 67.3 cm³/mol. The summed E-state index contributed by atoms with van der Waals surface area (Å²) >= 11 is 6.67. The Balaban J connectivity index is 1.97. The van der Waals surface area contributed by atoms with Crippen molar-refractivity contribution in [3.05, 3.63) is 44.9 Å². The van der Waals surface area contributed by atoms with Gasteiger partial charge in [-0.25, -0.2) is 0 Å². The maximum absolute atomic E-state index is 11.7. The van der Waals surface area contributed by atoms with Crippen molar-refractivity contribution in [3.8, 4) is 0 Å². The van der Waals surface area contributed by atoms with E-state index in [1.165, 1.54) is 0 Å². The Hall–Kier alpha value is -1.46. The molecule has 1 heterocycles. The average molecular weight is 268 g/mol. The molecule has 1 N–H and O–H groups in total. The first-order valence-corrected chi connectivity index (χ1v) is 6.17. The second kappa shape index (κ2) is 5.25. The highest BCUT2D eigenvalue weighted by atomic mass is 35.5. The van der Waals surface area contributed by atoms with Crippen LogP contribution in [0, 0.1) is 6.92 Å². The molecule has 0 saturated heterocycles. The maximum atomic E-state index is 11.7. The molecule has 0 saturated carbocycles. The quantitative estimate of drug-likeness (QED) is 0.929. The van der Waals surface area contributed by atoms with Gasteiger partial charge in [-0.3, -0.25) is 4.79 Å². The van der Waals surface area contributed by atoms with Crippen LogP contribution >= 0.6 is 22.9 Å². The molecule has 4 nitrogen and oxygen atoms in total. The third-order valence-corrected chi connectivity index (χ3v) is 3.15. The van der Waals surface area contributed by atoms with Gasteiger partial charge in [-0.15, -0.1) is 10.2 Å². The molecule has 0 spiro atoms. The monoisotopic (exact) mass is 267 g/mol. The number of aromatic nitrogens is 2. The molecule has 0 unspecified atom stereocenters. The normalized spacial score (nSPS) is 10.2. The first kappa shape index (κ1) is 12.0. The Morgan fingerprint density at radius 1 is 1.47 bits per heavy atom. The number of aryl methyl sites for hydroxylation is 1. The molecule has 0 atom stereocenters. The lowest BCUT2D eigenvalue weighted by atomic mass is 10.1. The van der Waals surface area contributed by atoms with E-state index in [9.17, 15) is 4.79 Å². The van der Waals surface area contributed by atoms with Gasteiger partial charge >= 0.3 is 0 Å². The van der Waals surface area contributed by atoms with E-state index in [0.717, 1.165) is 22.5 Å². The number of hydrogen-bond donors (Lipinski definition) is 1. The van der Waals surface area contributed by atoms with Crippen molar-refractivity contribution in [2.75, 3.05) is 0 Å². The van der Waals surface area contributed by atoms with E-state index in [-0.39, 0.29) is 15.4 Å². The lowest BCUT2D eigenvalue weighted by molar-refractivity contribution is 0.0950. The summed E-state index contributed by atoms with van der Waals surface area (Å²) in [5.41, 5.74) is 2.21. The van der Waals surface area contributed by atoms with Crippen molar-refractivity contribution in [2.45, 2.75) is 13.5 Å². The highest BCUT2D eigenvalue weighted by Crippen LogP contribution is 2.14. The second-order valence-corrected chi connectivity index (χ2v) is 5.09. The first-order valence-electron chi connectivity index (χ1n) is 4.98. The van der Waals surface area contributed by atoms with E-state index in [1.807, 2.05) is 31.2 Å². The van der Waals surface area contributed by atoms with Gasteiger partial charge in [-0.2, -0.15) is 0 Å². The summed E-state index contributed by atoms with van der Waals surface area (Å²) in [6.45, 7) is 2.48. The second-order valence-electron chi connectivity index (χ2n) is 3.53. The van der Waals surface area contributed by atoms with Gasteiger partial charge in [0.2, 0.25) is 9.47 Å². The van der Waals surface area contributed by atoms with Gasteiger partial charge in [-0.1, -0.05) is 41.2 Å². The van der Waals surface area contributed by atoms with Crippen molar-refractivity contribution < 1.29 is 4.79 Å². The molecule has 0 aliphatic rings. The SMILES string of the molecule is Cc1cccc(CNC(=O)c2nnc(Cl)s2)c1. The van der Waals surface area contributed by atoms with E-state index in [4.69, 9.17) is 11.6 Å². The number of carbonyl (C=O) groups is 1. The van der Waals surface area contributed by atoms with Crippen molar-refractivity contribution in [2.24, 2.45) is 0 Å². The summed E-state index contributed by atoms with van der Waals surface area (Å²) in [6.07, 6.45) is 0. The molecular formula is C11H10ClN3OS. The van der Waals surface area contributed by atoms with E-state index in [0.29, 0.717) is 6.54 Å². The minimum atomic E-state index is -0.254. The van der Waals surface area contributed by atoms with E-state index < -0.39 is 0 Å². The van der Waals surface area contributed by atoms with Crippen LogP contribution in [0.4, 0.5) is 0 Å². The van der Waals surface area contributed by atoms with Crippen LogP contribution in [0.1, 0.15) is 20.9 Å². The Morgan fingerprint density at radius 3 is 2.94 bits per heavy atom. The van der Waals surface area contributed by atoms with Gasteiger partial charge in [0.15, 0.2) is 0 Å². The van der Waals surface area contributed by atoms with Crippen LogP contribution < -0.4 is 5.32 Å². The van der Waals surface area contributed by atoms with Crippen LogP contribution in [0.15, 0.2) is 24.3 Å². The maximum Gasteiger partial charge on any atom is 0.282 e. The van der Waals surface area contributed by atoms with Crippen LogP contribution in [0.2, 0.25) is 4.47 Å². The van der Waals surface area contributed by atoms with E-state index >= 15 is 0 Å². The fourth-order valence-electron chi connectivity index (χ4n) is 1.38. The van der Waals surface area contributed by atoms with Gasteiger partial charge in [-0.05, 0) is 24.1 Å². The Kier molecular flexibility index (Phi) is 3.71. The first-order chi connectivity index (χ1) is 8.15. The van der Waals surface area contributed by atoms with Gasteiger partial charge in [0.05, 0.1) is 0 Å². The number of carbonyl (C=O) groups excluding carboxylic acids is 1. The summed E-state index contributed by atoms with van der Waals surface area (Å²) in [4.78, 5) is 11.7. The number of benzene rings is 1. The van der Waals surface area contributed by atoms with Gasteiger partial charge in [0.25, 0.3) is 5.91 Å². The van der Waals surface area contributed by atoms with Gasteiger partial charge in [0.1, 0.15) is 0 Å². The number of amides is 1. The molecule has 88 valence electrons. The summed E-state index contributed by atoms with van der Waals surface area (Å²) in [5, 5.41) is 10.3. The molecule has 0 aliphatic heterocycles. The molecular weight excluding hydrogens is 258 g/mol. The minimum absolute atomic E-state index is 0.254. The standard InChI is InChI=1S/C11H10ClN3OS/c1-7-3-2-4-8(5-7)6-13-9(16)10-14-15-11(12)17-10/h2-5H,6H2,1H3,(H,13,16). The van der Waals surface area contributed by atoms with Gasteiger partial charge < -0.3 is 5.32 Å². The van der Waals surface area contributed by atoms with Crippen molar-refractivity contribution >= 4 is 28.8 Å². The third-order valence-electron chi connectivity index (χ3n) is 2.13. The van der Waals surface area contributed by atoms with Crippen molar-refractivity contribution in [1.29, 1.82) is 0 Å². The molecule has 1 aromatic heterocycles. The fourth-order valence-corrected chi connectivity index (χ4v) is 2.12. The molecule has 2 rings (SSSR count). The minimum Gasteiger partial charge on any atom is -0.346 e. The summed E-state index contributed by atoms with van der Waals surface area (Å²) in [5.74, 6) is -0.254. The highest BCUT2D eigenvalue weighted by molar-refractivity contribution is 7.17. The zero-order valence-electron chi connectivity index (χ0n) is 9.11. The van der Waals surface area contributed by atoms with E-state index in [1.54, 1.807) is 0 Å². The van der Waals surface area contributed by atoms with Crippen LogP contribution in [0.3, 0.4) is 0 Å². The fraction of sp³-hybridized carbons (Fsp3) is 0.182. The molecule has 0 fully saturated rings. The molecule has 1 amide bonds. The molecule has 0 aliphatic carbocycles. The molecule has 0 bridgehead atoms. The van der Waals surface area contributed by atoms with E-state index in [2.05, 4.69) is 15.5 Å². The zero-order valence-corrected chi connectivity index (χ0v) is 10.7. The number of hydrogen-bond acceptors (Lipinski definition) is 4. The summed E-state index contributed by atoms with van der Waals surface area (Å²) in [6, 6.07) is 7.95. The average Bonchev–Trinajstić information content (AvgIpc) is 2.73. The molecule has 17 heavy (non-hydrogen) atoms. The number of rotatable bonds is 3. The molecule has 1 aromatic carbocycles. The Morgan fingerprint density at radius 2 is 2.29 bits per heavy atom. The predicted octanol–water partition coefficient (Wildman–Crippen LogP) is 2.43. The highest BCUT2D eigenvalue weighted by Gasteiger charge is 2.11. The lowest BCUT2D eigenvalue weighted by Gasteiger charge is -2.03. The van der Waals surface area contributed by atoms with Gasteiger partial charge in [0, 0.05) is 6.54 Å². The van der Waals surface area contributed by atoms with Crippen molar-refractivity contribution in [1.82, 2.24) is 15.5 Å². The number of nitrogens with zero attached hydrogens (tertiary/aromatic N) is 2. The third kappa shape index (κ3) is 3.25. The summed E-state index contributed by atoms with van der Waals surface area (Å²) in [7, 11) is 0. The number of nitrogens with one attached hydrogen (secondary N) is 1. The Bertz CT molecular complexity index is 541. The zero-order chi connectivity index (χ0) is 12.3. The smallest absolute Gasteiger partial charge is 0.282 e. The van der Waals surface area contributed by atoms with Crippen LogP contribution in [0.5, 0.6) is 0 Å². The lowest BCUT2D eigenvalue weighted by Crippen LogP contribution is -2.22. The van der Waals surface area contributed by atoms with Crippen LogP contribution in [-0.4, -0.2) is 16.1 Å². The van der Waals surface area contributed by atoms with Crippen LogP contribution in [-0.2, 0) is 6.54 Å². The topological polar surface area (TPSA) is 54.9 Å². The van der Waals surface area contributed by atoms with Crippen molar-refractivity contribution in [3.63, 3.8) is 0 Å². The molecule has 2 aromatic rings. The van der Waals surface area contributed by atoms with Crippen LogP contribution in [0.25, 0.3) is 0 Å². The largest absolute Gasteiger partial charge is 0.346 e. The number of halogens is 1. The molecule has 6 heteroatoms. The summed E-state index contributed by atoms with van der Waals surface area (Å²) < 4.78 is 0.269.